The minimum Gasteiger partial charge on any atom is -0.396 e. The smallest absolute Gasteiger partial charge is 0.0991 e. The molecule has 0 aliphatic rings. The minimum absolute atomic E-state index is 0.0836. The van der Waals surface area contributed by atoms with Crippen molar-refractivity contribution in [3.05, 3.63) is 76.4 Å². The van der Waals surface area contributed by atoms with Gasteiger partial charge in [-0.2, -0.15) is 5.26 Å². The predicted octanol–water partition coefficient (Wildman–Crippen LogP) is 4.49. The van der Waals surface area contributed by atoms with E-state index in [1.165, 1.54) is 22.5 Å². The number of pyridine rings is 1. The van der Waals surface area contributed by atoms with Gasteiger partial charge in [0.25, 0.3) is 0 Å². The molecule has 1 atom stereocenters. The Hall–Kier alpha value is -2.90. The lowest BCUT2D eigenvalue weighted by Crippen LogP contribution is -2.06. The van der Waals surface area contributed by atoms with Crippen molar-refractivity contribution in [3.63, 3.8) is 0 Å². The third kappa shape index (κ3) is 3.65. The van der Waals surface area contributed by atoms with Gasteiger partial charge < -0.3 is 9.67 Å². The van der Waals surface area contributed by atoms with Crippen molar-refractivity contribution in [2.75, 3.05) is 6.61 Å². The molecule has 3 aromatic rings. The second-order valence-corrected chi connectivity index (χ2v) is 7.16. The fraction of sp³-hybridized carbons (Fsp3) is 0.304. The predicted molar refractivity (Wildman–Crippen MR) is 108 cm³/mol. The second kappa shape index (κ2) is 7.77. The molecule has 0 fully saturated rings. The van der Waals surface area contributed by atoms with Crippen LogP contribution in [0.4, 0.5) is 0 Å². The van der Waals surface area contributed by atoms with E-state index in [4.69, 9.17) is 5.26 Å². The van der Waals surface area contributed by atoms with E-state index in [-0.39, 0.29) is 12.5 Å². The van der Waals surface area contributed by atoms with Crippen molar-refractivity contribution in [1.82, 2.24) is 9.55 Å². The topological polar surface area (TPSA) is 61.8 Å². The summed E-state index contributed by atoms with van der Waals surface area (Å²) in [5.74, 6) is 0.0836. The molecule has 0 saturated carbocycles. The average molecular weight is 359 g/mol. The van der Waals surface area contributed by atoms with Crippen LogP contribution in [0.15, 0.2) is 42.7 Å². The van der Waals surface area contributed by atoms with Crippen molar-refractivity contribution < 1.29 is 5.11 Å². The van der Waals surface area contributed by atoms with Crippen LogP contribution in [0.1, 0.15) is 46.5 Å². The highest BCUT2D eigenvalue weighted by Gasteiger charge is 2.16. The first kappa shape index (κ1) is 18.9. The van der Waals surface area contributed by atoms with Gasteiger partial charge in [-0.05, 0) is 55.2 Å². The summed E-state index contributed by atoms with van der Waals surface area (Å²) < 4.78 is 2.31. The molecule has 0 saturated heterocycles. The van der Waals surface area contributed by atoms with Crippen LogP contribution in [0.25, 0.3) is 11.1 Å². The Morgan fingerprint density at radius 1 is 1.11 bits per heavy atom. The first-order chi connectivity index (χ1) is 13.0. The van der Waals surface area contributed by atoms with E-state index in [0.29, 0.717) is 5.56 Å². The van der Waals surface area contributed by atoms with E-state index in [2.05, 4.69) is 42.5 Å². The first-order valence-corrected chi connectivity index (χ1v) is 9.17. The molecule has 1 aromatic carbocycles. The molecule has 0 amide bonds. The highest BCUT2D eigenvalue weighted by molar-refractivity contribution is 5.72. The Balaban J connectivity index is 1.99. The fourth-order valence-corrected chi connectivity index (χ4v) is 3.57. The molecule has 3 rings (SSSR count). The molecule has 4 heteroatoms. The van der Waals surface area contributed by atoms with Gasteiger partial charge >= 0.3 is 0 Å². The average Bonchev–Trinajstić information content (AvgIpc) is 2.91. The normalized spacial score (nSPS) is 12.0. The number of aromatic nitrogens is 2. The van der Waals surface area contributed by atoms with Gasteiger partial charge in [0.15, 0.2) is 0 Å². The lowest BCUT2D eigenvalue weighted by molar-refractivity contribution is 0.273. The lowest BCUT2D eigenvalue weighted by Gasteiger charge is -2.13. The van der Waals surface area contributed by atoms with Crippen molar-refractivity contribution in [1.29, 1.82) is 5.26 Å². The lowest BCUT2D eigenvalue weighted by atomic mass is 10.0. The number of benzene rings is 1. The van der Waals surface area contributed by atoms with Gasteiger partial charge in [0, 0.05) is 48.4 Å². The molecule has 0 bridgehead atoms. The van der Waals surface area contributed by atoms with Crippen molar-refractivity contribution in [2.45, 2.75) is 40.2 Å². The van der Waals surface area contributed by atoms with Crippen LogP contribution in [0.5, 0.6) is 0 Å². The van der Waals surface area contributed by atoms with E-state index in [0.717, 1.165) is 23.2 Å². The molecule has 0 aliphatic carbocycles. The van der Waals surface area contributed by atoms with Gasteiger partial charge in [-0.15, -0.1) is 0 Å². The Labute approximate surface area is 160 Å². The SMILES string of the molecule is Cc1c(-c2ccc(C#N)cc2)c(C)n(Cc2cncc(C(C)CO)c2)c1C. The number of aliphatic hydroxyl groups excluding tert-OH is 1. The van der Waals surface area contributed by atoms with Crippen LogP contribution in [0, 0.1) is 32.1 Å². The van der Waals surface area contributed by atoms with Crippen LogP contribution in [-0.4, -0.2) is 21.3 Å². The van der Waals surface area contributed by atoms with Gasteiger partial charge in [0.2, 0.25) is 0 Å². The van der Waals surface area contributed by atoms with Crippen LogP contribution >= 0.6 is 0 Å². The molecule has 0 spiro atoms. The van der Waals surface area contributed by atoms with Crippen LogP contribution in [0.2, 0.25) is 0 Å². The maximum atomic E-state index is 9.41. The summed E-state index contributed by atoms with van der Waals surface area (Å²) in [6.45, 7) is 9.29. The molecule has 4 nitrogen and oxygen atoms in total. The molecule has 1 N–H and O–H groups in total. The highest BCUT2D eigenvalue weighted by Crippen LogP contribution is 2.32. The van der Waals surface area contributed by atoms with Gasteiger partial charge in [-0.1, -0.05) is 25.1 Å². The maximum absolute atomic E-state index is 9.41. The molecule has 1 unspecified atom stereocenters. The maximum Gasteiger partial charge on any atom is 0.0991 e. The number of hydrogen-bond acceptors (Lipinski definition) is 3. The summed E-state index contributed by atoms with van der Waals surface area (Å²) in [4.78, 5) is 4.36. The van der Waals surface area contributed by atoms with Gasteiger partial charge in [-0.25, -0.2) is 0 Å². The third-order valence-electron chi connectivity index (χ3n) is 5.39. The zero-order valence-electron chi connectivity index (χ0n) is 16.3. The quantitative estimate of drug-likeness (QED) is 0.730. The Morgan fingerprint density at radius 3 is 2.44 bits per heavy atom. The molecular formula is C23H25N3O. The molecule has 138 valence electrons. The molecular weight excluding hydrogens is 334 g/mol. The minimum atomic E-state index is 0.0836. The standard InChI is InChI=1S/C23H25N3O/c1-15(14-27)22-9-20(11-25-12-22)13-26-17(3)16(2)23(18(26)4)21-7-5-19(10-24)6-8-21/h5-9,11-12,15,27H,13-14H2,1-4H3. The van der Waals surface area contributed by atoms with Crippen LogP contribution in [-0.2, 0) is 6.54 Å². The van der Waals surface area contributed by atoms with E-state index < -0.39 is 0 Å². The van der Waals surface area contributed by atoms with E-state index >= 15 is 0 Å². The fourth-order valence-electron chi connectivity index (χ4n) is 3.57. The molecule has 0 radical (unpaired) electrons. The van der Waals surface area contributed by atoms with Gasteiger partial charge in [0.1, 0.15) is 0 Å². The van der Waals surface area contributed by atoms with E-state index in [1.54, 1.807) is 0 Å². The van der Waals surface area contributed by atoms with Crippen molar-refractivity contribution in [3.8, 4) is 17.2 Å². The summed E-state index contributed by atoms with van der Waals surface area (Å²) in [5.41, 5.74) is 8.90. The molecule has 0 aliphatic heterocycles. The Kier molecular flexibility index (Phi) is 5.43. The van der Waals surface area contributed by atoms with Gasteiger partial charge in [0.05, 0.1) is 11.6 Å². The van der Waals surface area contributed by atoms with Crippen LogP contribution in [0.3, 0.4) is 0 Å². The highest BCUT2D eigenvalue weighted by atomic mass is 16.3. The van der Waals surface area contributed by atoms with Crippen molar-refractivity contribution >= 4 is 0 Å². The first-order valence-electron chi connectivity index (χ1n) is 9.17. The number of hydrogen-bond donors (Lipinski definition) is 1. The molecule has 2 heterocycles. The molecule has 27 heavy (non-hydrogen) atoms. The summed E-state index contributed by atoms with van der Waals surface area (Å²) in [6, 6.07) is 12.1. The number of nitriles is 1. The van der Waals surface area contributed by atoms with Crippen molar-refractivity contribution in [2.24, 2.45) is 0 Å². The summed E-state index contributed by atoms with van der Waals surface area (Å²) in [5, 5.41) is 18.4. The second-order valence-electron chi connectivity index (χ2n) is 7.16. The summed E-state index contributed by atoms with van der Waals surface area (Å²) in [7, 11) is 0. The monoisotopic (exact) mass is 359 g/mol. The molecule has 2 aromatic heterocycles. The number of nitrogens with zero attached hydrogens (tertiary/aromatic N) is 3. The Bertz CT molecular complexity index is 994. The third-order valence-corrected chi connectivity index (χ3v) is 5.39. The summed E-state index contributed by atoms with van der Waals surface area (Å²) >= 11 is 0. The zero-order valence-corrected chi connectivity index (χ0v) is 16.3. The number of aliphatic hydroxyl groups is 1. The van der Waals surface area contributed by atoms with E-state index in [9.17, 15) is 5.11 Å². The number of rotatable bonds is 5. The van der Waals surface area contributed by atoms with Crippen LogP contribution < -0.4 is 0 Å². The van der Waals surface area contributed by atoms with E-state index in [1.807, 2.05) is 43.6 Å². The largest absolute Gasteiger partial charge is 0.396 e. The zero-order chi connectivity index (χ0) is 19.6. The Morgan fingerprint density at radius 2 is 1.81 bits per heavy atom. The summed E-state index contributed by atoms with van der Waals surface area (Å²) in [6.07, 6.45) is 3.72. The van der Waals surface area contributed by atoms with Gasteiger partial charge in [-0.3, -0.25) is 4.98 Å².